The van der Waals surface area contributed by atoms with Gasteiger partial charge in [0.1, 0.15) is 5.82 Å². The number of piperazine rings is 1. The molecule has 2 aliphatic rings. The highest BCUT2D eigenvalue weighted by Gasteiger charge is 2.35. The second-order valence-corrected chi connectivity index (χ2v) is 11.0. The monoisotopic (exact) mass is 581 g/mol. The number of amides is 2. The van der Waals surface area contributed by atoms with E-state index in [1.54, 1.807) is 43.1 Å². The van der Waals surface area contributed by atoms with Gasteiger partial charge in [-0.15, -0.1) is 0 Å². The van der Waals surface area contributed by atoms with Gasteiger partial charge in [-0.3, -0.25) is 23.9 Å². The maximum atomic E-state index is 13.9. The number of fused-ring (bicyclic) bond motifs is 2. The zero-order valence-corrected chi connectivity index (χ0v) is 24.7. The SMILES string of the molecule is COc1ccc(CCn2c(CCN3C(=O)c4ccccc4C3=O)nc3cc(N4CCN(C)CC4)ccc3c2=O)cc1OC. The van der Waals surface area contributed by atoms with Crippen LogP contribution < -0.4 is 19.9 Å². The van der Waals surface area contributed by atoms with Crippen LogP contribution in [0.25, 0.3) is 10.9 Å². The first kappa shape index (κ1) is 28.4. The van der Waals surface area contributed by atoms with E-state index in [2.05, 4.69) is 16.8 Å². The fourth-order valence-corrected chi connectivity index (χ4v) is 5.87. The molecule has 0 N–H and O–H groups in total. The molecule has 0 saturated carbocycles. The molecule has 0 radical (unpaired) electrons. The van der Waals surface area contributed by atoms with E-state index in [4.69, 9.17) is 14.5 Å². The van der Waals surface area contributed by atoms with Gasteiger partial charge in [0.25, 0.3) is 17.4 Å². The van der Waals surface area contributed by atoms with Gasteiger partial charge in [-0.1, -0.05) is 18.2 Å². The quantitative estimate of drug-likeness (QED) is 0.278. The standard InChI is InChI=1S/C33H35N5O5/c1-35-16-18-36(19-17-35)23-9-10-26-27(21-23)34-30(13-15-38-31(39)24-6-4-5-7-25(24)32(38)40)37(33(26)41)14-12-22-8-11-28(42-2)29(20-22)43-3/h4-11,20-21H,12-19H2,1-3H3. The summed E-state index contributed by atoms with van der Waals surface area (Å²) in [6, 6.07) is 18.4. The lowest BCUT2D eigenvalue weighted by Crippen LogP contribution is -2.44. The lowest BCUT2D eigenvalue weighted by Gasteiger charge is -2.34. The minimum Gasteiger partial charge on any atom is -0.493 e. The van der Waals surface area contributed by atoms with Crippen LogP contribution in [0.2, 0.25) is 0 Å². The predicted molar refractivity (Wildman–Crippen MR) is 164 cm³/mol. The summed E-state index contributed by atoms with van der Waals surface area (Å²) < 4.78 is 12.5. The van der Waals surface area contributed by atoms with E-state index in [1.165, 1.54) is 4.90 Å². The number of carbonyl (C=O) groups is 2. The van der Waals surface area contributed by atoms with E-state index >= 15 is 0 Å². The molecule has 0 spiro atoms. The number of imide groups is 1. The Morgan fingerprint density at radius 1 is 0.767 bits per heavy atom. The number of methoxy groups -OCH3 is 2. The van der Waals surface area contributed by atoms with Crippen LogP contribution in [0.15, 0.2) is 65.5 Å². The molecule has 1 fully saturated rings. The van der Waals surface area contributed by atoms with Crippen molar-refractivity contribution in [1.82, 2.24) is 19.4 Å². The van der Waals surface area contributed by atoms with Crippen LogP contribution >= 0.6 is 0 Å². The van der Waals surface area contributed by atoms with Gasteiger partial charge >= 0.3 is 0 Å². The number of benzene rings is 3. The highest BCUT2D eigenvalue weighted by atomic mass is 16.5. The van der Waals surface area contributed by atoms with Gasteiger partial charge in [-0.25, -0.2) is 4.98 Å². The Balaban J connectivity index is 1.33. The molecule has 3 aromatic carbocycles. The molecular weight excluding hydrogens is 546 g/mol. The molecule has 2 aliphatic heterocycles. The molecular formula is C33H35N5O5. The topological polar surface area (TPSA) is 97.2 Å². The Kier molecular flexibility index (Phi) is 7.86. The summed E-state index contributed by atoms with van der Waals surface area (Å²) in [5.41, 5.74) is 3.28. The lowest BCUT2D eigenvalue weighted by molar-refractivity contribution is 0.0655. The number of ether oxygens (including phenoxy) is 2. The van der Waals surface area contributed by atoms with Crippen LogP contribution in [0.5, 0.6) is 11.5 Å². The number of aromatic nitrogens is 2. The van der Waals surface area contributed by atoms with Gasteiger partial charge in [0.2, 0.25) is 0 Å². The van der Waals surface area contributed by atoms with Crippen molar-refractivity contribution in [2.45, 2.75) is 19.4 Å². The van der Waals surface area contributed by atoms with Gasteiger partial charge < -0.3 is 19.3 Å². The lowest BCUT2D eigenvalue weighted by atomic mass is 10.1. The van der Waals surface area contributed by atoms with E-state index in [0.29, 0.717) is 52.3 Å². The Morgan fingerprint density at radius 2 is 1.47 bits per heavy atom. The van der Waals surface area contributed by atoms with Crippen LogP contribution in [0.1, 0.15) is 32.1 Å². The zero-order valence-electron chi connectivity index (χ0n) is 24.7. The third-order valence-electron chi connectivity index (χ3n) is 8.40. The summed E-state index contributed by atoms with van der Waals surface area (Å²) >= 11 is 0. The van der Waals surface area contributed by atoms with E-state index in [0.717, 1.165) is 37.4 Å². The number of aryl methyl sites for hydroxylation is 1. The second-order valence-electron chi connectivity index (χ2n) is 11.0. The maximum Gasteiger partial charge on any atom is 0.261 e. The number of anilines is 1. The van der Waals surface area contributed by atoms with E-state index in [9.17, 15) is 14.4 Å². The largest absolute Gasteiger partial charge is 0.493 e. The molecule has 3 heterocycles. The molecule has 10 heteroatoms. The van der Waals surface area contributed by atoms with Crippen LogP contribution in [-0.2, 0) is 19.4 Å². The zero-order chi connectivity index (χ0) is 30.1. The minimum absolute atomic E-state index is 0.124. The Labute approximate surface area is 250 Å². The predicted octanol–water partition coefficient (Wildman–Crippen LogP) is 3.25. The van der Waals surface area contributed by atoms with Gasteiger partial charge in [-0.2, -0.15) is 0 Å². The molecule has 0 aliphatic carbocycles. The van der Waals surface area contributed by atoms with Crippen LogP contribution in [0, 0.1) is 0 Å². The van der Waals surface area contributed by atoms with Gasteiger partial charge in [0.05, 0.1) is 36.2 Å². The van der Waals surface area contributed by atoms with E-state index in [-0.39, 0.29) is 30.3 Å². The summed E-state index contributed by atoms with van der Waals surface area (Å²) in [5.74, 6) is 1.14. The van der Waals surface area contributed by atoms with Crippen LogP contribution in [0.4, 0.5) is 5.69 Å². The number of carbonyl (C=O) groups excluding carboxylic acids is 2. The highest BCUT2D eigenvalue weighted by molar-refractivity contribution is 6.21. The van der Waals surface area contributed by atoms with Crippen molar-refractivity contribution in [1.29, 1.82) is 0 Å². The number of hydrogen-bond donors (Lipinski definition) is 0. The average Bonchev–Trinajstić information content (AvgIpc) is 3.28. The summed E-state index contributed by atoms with van der Waals surface area (Å²) in [5, 5.41) is 0.537. The van der Waals surface area contributed by atoms with Crippen LogP contribution in [-0.4, -0.2) is 85.2 Å². The molecule has 10 nitrogen and oxygen atoms in total. The first-order valence-electron chi connectivity index (χ1n) is 14.5. The molecule has 0 unspecified atom stereocenters. The van der Waals surface area contributed by atoms with Crippen LogP contribution in [0.3, 0.4) is 0 Å². The third-order valence-corrected chi connectivity index (χ3v) is 8.40. The number of hydrogen-bond acceptors (Lipinski definition) is 8. The fraction of sp³-hybridized carbons (Fsp3) is 0.333. The Morgan fingerprint density at radius 3 is 2.14 bits per heavy atom. The van der Waals surface area contributed by atoms with Gasteiger partial charge in [-0.05, 0) is 61.5 Å². The van der Waals surface area contributed by atoms with Crippen molar-refractivity contribution >= 4 is 28.4 Å². The smallest absolute Gasteiger partial charge is 0.261 e. The molecule has 222 valence electrons. The summed E-state index contributed by atoms with van der Waals surface area (Å²) in [4.78, 5) is 50.9. The molecule has 6 rings (SSSR count). The number of rotatable bonds is 9. The number of nitrogens with zero attached hydrogens (tertiary/aromatic N) is 5. The summed E-state index contributed by atoms with van der Waals surface area (Å²) in [6.07, 6.45) is 0.800. The molecule has 0 atom stereocenters. The second kappa shape index (κ2) is 11.9. The van der Waals surface area contributed by atoms with Gasteiger partial charge in [0, 0.05) is 51.4 Å². The summed E-state index contributed by atoms with van der Waals surface area (Å²) in [6.45, 7) is 4.23. The minimum atomic E-state index is -0.321. The Bertz CT molecular complexity index is 1720. The molecule has 0 bridgehead atoms. The fourth-order valence-electron chi connectivity index (χ4n) is 5.87. The third kappa shape index (κ3) is 5.46. The maximum absolute atomic E-state index is 13.9. The molecule has 2 amide bonds. The van der Waals surface area contributed by atoms with Crippen molar-refractivity contribution in [2.24, 2.45) is 0 Å². The van der Waals surface area contributed by atoms with Crippen molar-refractivity contribution in [3.8, 4) is 11.5 Å². The van der Waals surface area contributed by atoms with Crippen molar-refractivity contribution in [3.63, 3.8) is 0 Å². The van der Waals surface area contributed by atoms with E-state index in [1.807, 2.05) is 36.4 Å². The summed E-state index contributed by atoms with van der Waals surface area (Å²) in [7, 11) is 5.30. The van der Waals surface area contributed by atoms with Crippen molar-refractivity contribution < 1.29 is 19.1 Å². The van der Waals surface area contributed by atoms with Gasteiger partial charge in [0.15, 0.2) is 11.5 Å². The van der Waals surface area contributed by atoms with Crippen molar-refractivity contribution in [2.75, 3.05) is 58.9 Å². The first-order valence-corrected chi connectivity index (χ1v) is 14.5. The molecule has 1 aromatic heterocycles. The molecule has 4 aromatic rings. The first-order chi connectivity index (χ1) is 20.9. The highest BCUT2D eigenvalue weighted by Crippen LogP contribution is 2.28. The molecule has 43 heavy (non-hydrogen) atoms. The van der Waals surface area contributed by atoms with Crippen molar-refractivity contribution in [3.05, 3.63) is 93.5 Å². The normalized spacial score (nSPS) is 15.3. The average molecular weight is 582 g/mol. The van der Waals surface area contributed by atoms with E-state index < -0.39 is 0 Å². The molecule has 1 saturated heterocycles. The number of likely N-dealkylation sites (N-methyl/N-ethyl adjacent to an activating group) is 1. The Hall–Kier alpha value is -4.70.